The number of aromatic amines is 1. The summed E-state index contributed by atoms with van der Waals surface area (Å²) >= 11 is 3.23. The van der Waals surface area contributed by atoms with Crippen LogP contribution in [0.5, 0.6) is 0 Å². The van der Waals surface area contributed by atoms with E-state index in [2.05, 4.69) is 26.2 Å². The van der Waals surface area contributed by atoms with Crippen LogP contribution in [-0.2, 0) is 4.74 Å². The Morgan fingerprint density at radius 3 is 3.00 bits per heavy atom. The van der Waals surface area contributed by atoms with Gasteiger partial charge in [-0.2, -0.15) is 0 Å². The van der Waals surface area contributed by atoms with Crippen LogP contribution in [0.1, 0.15) is 0 Å². The van der Waals surface area contributed by atoms with Crippen molar-refractivity contribution in [2.45, 2.75) is 0 Å². The van der Waals surface area contributed by atoms with Crippen molar-refractivity contribution >= 4 is 21.7 Å². The van der Waals surface area contributed by atoms with E-state index < -0.39 is 0 Å². The van der Waals surface area contributed by atoms with Crippen molar-refractivity contribution in [3.8, 4) is 0 Å². The summed E-state index contributed by atoms with van der Waals surface area (Å²) in [6, 6.07) is 3.28. The molecule has 0 unspecified atom stereocenters. The molecule has 0 spiro atoms. The molecule has 1 heterocycles. The Labute approximate surface area is 84.4 Å². The van der Waals surface area contributed by atoms with Crippen LogP contribution in [0.3, 0.4) is 0 Å². The lowest BCUT2D eigenvalue weighted by atomic mass is 10.4. The highest BCUT2D eigenvalue weighted by Gasteiger charge is 1.95. The van der Waals surface area contributed by atoms with Crippen LogP contribution in [0.4, 0.5) is 5.82 Å². The van der Waals surface area contributed by atoms with Gasteiger partial charge in [-0.25, -0.2) is 0 Å². The van der Waals surface area contributed by atoms with Crippen LogP contribution in [0.25, 0.3) is 0 Å². The second-order valence-corrected chi connectivity index (χ2v) is 3.41. The predicted molar refractivity (Wildman–Crippen MR) is 55.1 cm³/mol. The average molecular weight is 247 g/mol. The molecule has 0 fully saturated rings. The Bertz CT molecular complexity index is 324. The smallest absolute Gasteiger partial charge is 0.250 e. The first-order valence-electron chi connectivity index (χ1n) is 3.85. The van der Waals surface area contributed by atoms with Gasteiger partial charge in [-0.1, -0.05) is 15.9 Å². The predicted octanol–water partition coefficient (Wildman–Crippen LogP) is 1.20. The van der Waals surface area contributed by atoms with Crippen LogP contribution in [-0.4, -0.2) is 25.2 Å². The van der Waals surface area contributed by atoms with Gasteiger partial charge in [0.15, 0.2) is 0 Å². The molecule has 0 atom stereocenters. The maximum absolute atomic E-state index is 11.0. The van der Waals surface area contributed by atoms with Crippen molar-refractivity contribution in [2.75, 3.05) is 25.6 Å². The molecule has 0 saturated heterocycles. The van der Waals surface area contributed by atoms with Crippen molar-refractivity contribution in [1.29, 1.82) is 0 Å². The zero-order valence-corrected chi connectivity index (χ0v) is 8.85. The summed E-state index contributed by atoms with van der Waals surface area (Å²) in [5.41, 5.74) is -0.130. The molecule has 0 bridgehead atoms. The van der Waals surface area contributed by atoms with Gasteiger partial charge in [0, 0.05) is 24.2 Å². The van der Waals surface area contributed by atoms with Crippen LogP contribution in [0.15, 0.2) is 21.4 Å². The van der Waals surface area contributed by atoms with Crippen molar-refractivity contribution < 1.29 is 4.74 Å². The van der Waals surface area contributed by atoms with E-state index in [4.69, 9.17) is 4.74 Å². The van der Waals surface area contributed by atoms with Gasteiger partial charge >= 0.3 is 0 Å². The second kappa shape index (κ2) is 5.04. The van der Waals surface area contributed by atoms with E-state index in [0.717, 1.165) is 4.47 Å². The maximum atomic E-state index is 11.0. The minimum absolute atomic E-state index is 0.130. The van der Waals surface area contributed by atoms with E-state index in [-0.39, 0.29) is 5.56 Å². The third-order valence-corrected chi connectivity index (χ3v) is 1.89. The fraction of sp³-hybridized carbons (Fsp3) is 0.375. The monoisotopic (exact) mass is 246 g/mol. The standard InChI is InChI=1S/C8H11BrN2O2/c1-13-3-2-10-7-4-6(9)5-8(12)11-7/h4-5H,2-3H2,1H3,(H2,10,11,12). The van der Waals surface area contributed by atoms with Crippen molar-refractivity contribution in [2.24, 2.45) is 0 Å². The molecule has 1 rings (SSSR count). The molecule has 72 valence electrons. The second-order valence-electron chi connectivity index (χ2n) is 2.50. The maximum Gasteiger partial charge on any atom is 0.250 e. The van der Waals surface area contributed by atoms with E-state index in [1.807, 2.05) is 0 Å². The number of anilines is 1. The lowest BCUT2D eigenvalue weighted by molar-refractivity contribution is 0.210. The van der Waals surface area contributed by atoms with Crippen LogP contribution < -0.4 is 10.9 Å². The van der Waals surface area contributed by atoms with Crippen LogP contribution >= 0.6 is 15.9 Å². The topological polar surface area (TPSA) is 54.1 Å². The summed E-state index contributed by atoms with van der Waals surface area (Å²) in [7, 11) is 1.63. The largest absolute Gasteiger partial charge is 0.383 e. The van der Waals surface area contributed by atoms with E-state index in [9.17, 15) is 4.79 Å². The summed E-state index contributed by atoms with van der Waals surface area (Å²) in [6.07, 6.45) is 0. The number of rotatable bonds is 4. The Hall–Kier alpha value is -0.810. The summed E-state index contributed by atoms with van der Waals surface area (Å²) in [4.78, 5) is 13.6. The summed E-state index contributed by atoms with van der Waals surface area (Å²) in [5, 5.41) is 3.02. The fourth-order valence-electron chi connectivity index (χ4n) is 0.893. The average Bonchev–Trinajstić information content (AvgIpc) is 2.03. The quantitative estimate of drug-likeness (QED) is 0.786. The number of ether oxygens (including phenoxy) is 1. The Kier molecular flexibility index (Phi) is 3.98. The van der Waals surface area contributed by atoms with Gasteiger partial charge in [0.2, 0.25) is 0 Å². The summed E-state index contributed by atoms with van der Waals surface area (Å²) in [5.74, 6) is 0.691. The van der Waals surface area contributed by atoms with Gasteiger partial charge < -0.3 is 15.0 Å². The van der Waals surface area contributed by atoms with Crippen molar-refractivity contribution in [3.05, 3.63) is 27.0 Å². The highest BCUT2D eigenvalue weighted by molar-refractivity contribution is 9.10. The number of H-pyrrole nitrogens is 1. The first kappa shape index (κ1) is 10.3. The zero-order chi connectivity index (χ0) is 9.68. The molecule has 0 aromatic carbocycles. The number of halogens is 1. The molecule has 0 amide bonds. The Balaban J connectivity index is 2.61. The molecule has 1 aromatic rings. The molecule has 0 aliphatic carbocycles. The number of pyridine rings is 1. The summed E-state index contributed by atoms with van der Waals surface area (Å²) < 4.78 is 5.62. The highest BCUT2D eigenvalue weighted by Crippen LogP contribution is 2.09. The first-order chi connectivity index (χ1) is 6.22. The SMILES string of the molecule is COCCNc1cc(Br)cc(=O)[nH]1. The van der Waals surface area contributed by atoms with Gasteiger partial charge in [-0.3, -0.25) is 4.79 Å². The molecule has 13 heavy (non-hydrogen) atoms. The molecule has 2 N–H and O–H groups in total. The molecule has 5 heteroatoms. The van der Waals surface area contributed by atoms with Crippen LogP contribution in [0, 0.1) is 0 Å². The molecule has 0 aliphatic heterocycles. The molecule has 4 nitrogen and oxygen atoms in total. The zero-order valence-electron chi connectivity index (χ0n) is 7.26. The fourth-order valence-corrected chi connectivity index (χ4v) is 1.33. The van der Waals surface area contributed by atoms with Gasteiger partial charge in [0.25, 0.3) is 5.56 Å². The molecule has 0 saturated carbocycles. The third kappa shape index (κ3) is 3.61. The number of aromatic nitrogens is 1. The minimum atomic E-state index is -0.130. The normalized spacial score (nSPS) is 10.0. The number of hydrogen-bond donors (Lipinski definition) is 2. The van der Waals surface area contributed by atoms with Crippen molar-refractivity contribution in [1.82, 2.24) is 4.98 Å². The molecule has 1 aromatic heterocycles. The van der Waals surface area contributed by atoms with Gasteiger partial charge in [-0.05, 0) is 6.07 Å². The van der Waals surface area contributed by atoms with Crippen molar-refractivity contribution in [3.63, 3.8) is 0 Å². The van der Waals surface area contributed by atoms with Gasteiger partial charge in [0.05, 0.1) is 6.61 Å². The Morgan fingerprint density at radius 2 is 2.38 bits per heavy atom. The van der Waals surface area contributed by atoms with E-state index in [0.29, 0.717) is 19.0 Å². The first-order valence-corrected chi connectivity index (χ1v) is 4.64. The molecule has 0 aliphatic rings. The van der Waals surface area contributed by atoms with Gasteiger partial charge in [-0.15, -0.1) is 0 Å². The summed E-state index contributed by atoms with van der Waals surface area (Å²) in [6.45, 7) is 1.28. The lowest BCUT2D eigenvalue weighted by Crippen LogP contribution is -2.13. The van der Waals surface area contributed by atoms with Gasteiger partial charge in [0.1, 0.15) is 5.82 Å². The van der Waals surface area contributed by atoms with E-state index >= 15 is 0 Å². The molecular formula is C8H11BrN2O2. The molecule has 0 radical (unpaired) electrons. The highest BCUT2D eigenvalue weighted by atomic mass is 79.9. The minimum Gasteiger partial charge on any atom is -0.383 e. The van der Waals surface area contributed by atoms with Crippen LogP contribution in [0.2, 0.25) is 0 Å². The number of nitrogens with one attached hydrogen (secondary N) is 2. The molecular weight excluding hydrogens is 236 g/mol. The lowest BCUT2D eigenvalue weighted by Gasteiger charge is -2.04. The number of hydrogen-bond acceptors (Lipinski definition) is 3. The van der Waals surface area contributed by atoms with E-state index in [1.54, 1.807) is 13.2 Å². The third-order valence-electron chi connectivity index (χ3n) is 1.43. The Morgan fingerprint density at radius 1 is 1.62 bits per heavy atom. The van der Waals surface area contributed by atoms with E-state index in [1.165, 1.54) is 6.07 Å². The number of methoxy groups -OCH3 is 1.